The molecule has 0 fully saturated rings. The van der Waals surface area contributed by atoms with Crippen molar-refractivity contribution in [1.82, 2.24) is 4.57 Å². The maximum absolute atomic E-state index is 2.51. The normalized spacial score (nSPS) is 11.4. The molecule has 2 nitrogen and oxygen atoms in total. The number of nitrogens with zero attached hydrogens (tertiary/aromatic N) is 2. The summed E-state index contributed by atoms with van der Waals surface area (Å²) in [6, 6.07) is 11.1. The van der Waals surface area contributed by atoms with E-state index in [1.54, 1.807) is 0 Å². The van der Waals surface area contributed by atoms with Crippen molar-refractivity contribution in [1.29, 1.82) is 0 Å². The number of imidazole rings is 1. The van der Waals surface area contributed by atoms with E-state index in [4.69, 9.17) is 0 Å². The Morgan fingerprint density at radius 2 is 0.972 bits per heavy atom. The highest BCUT2D eigenvalue weighted by atomic mass is 15.1. The largest absolute Gasteiger partial charge is 0.288 e. The molecule has 0 spiro atoms. The Kier molecular flexibility index (Phi) is 18.3. The first-order valence-electron chi connectivity index (χ1n) is 16.0. The molecule has 0 saturated heterocycles. The monoisotopic (exact) mass is 495 g/mol. The van der Waals surface area contributed by atoms with Crippen LogP contribution in [-0.4, -0.2) is 4.57 Å². The second-order valence-electron chi connectivity index (χ2n) is 11.1. The van der Waals surface area contributed by atoms with Crippen molar-refractivity contribution in [2.75, 3.05) is 0 Å². The van der Waals surface area contributed by atoms with Gasteiger partial charge >= 0.3 is 0 Å². The molecule has 0 bridgehead atoms. The molecule has 0 N–H and O–H groups in total. The van der Waals surface area contributed by atoms with Crippen LogP contribution >= 0.6 is 0 Å². The van der Waals surface area contributed by atoms with Gasteiger partial charge in [-0.3, -0.25) is 0 Å². The van der Waals surface area contributed by atoms with Crippen LogP contribution < -0.4 is 4.57 Å². The summed E-state index contributed by atoms with van der Waals surface area (Å²) in [4.78, 5) is 0. The first kappa shape index (κ1) is 30.7. The standard InChI is InChI=1S/C34H59N2/c1-3-5-7-9-11-13-15-17-19-21-26-30-36-32-31-35(34(36)33-27-23-22-24-28-33)29-25-20-18-16-14-12-10-8-6-4-2/h22-24,27-28,31-32H,3-21,25-26,29-30H2,1-2H3/q+1. The van der Waals surface area contributed by atoms with E-state index in [1.165, 1.54) is 146 Å². The van der Waals surface area contributed by atoms with Crippen molar-refractivity contribution in [3.05, 3.63) is 42.7 Å². The molecule has 0 atom stereocenters. The van der Waals surface area contributed by atoms with Gasteiger partial charge in [-0.15, -0.1) is 0 Å². The molecule has 204 valence electrons. The summed E-state index contributed by atoms with van der Waals surface area (Å²) in [7, 11) is 0. The third-order valence-electron chi connectivity index (χ3n) is 7.76. The lowest BCUT2D eigenvalue weighted by atomic mass is 10.1. The zero-order chi connectivity index (χ0) is 25.5. The second kappa shape index (κ2) is 21.5. The molecule has 2 aromatic rings. The number of benzene rings is 1. The molecular weight excluding hydrogens is 436 g/mol. The van der Waals surface area contributed by atoms with Crippen LogP contribution in [0.5, 0.6) is 0 Å². The van der Waals surface area contributed by atoms with E-state index in [0.717, 1.165) is 13.1 Å². The Labute approximate surface area is 224 Å². The summed E-state index contributed by atoms with van der Waals surface area (Å²) in [6.07, 6.45) is 34.1. The van der Waals surface area contributed by atoms with Gasteiger partial charge in [-0.1, -0.05) is 141 Å². The van der Waals surface area contributed by atoms with E-state index in [9.17, 15) is 0 Å². The van der Waals surface area contributed by atoms with Gasteiger partial charge < -0.3 is 0 Å². The Bertz CT molecular complexity index is 733. The SMILES string of the molecule is CCCCCCCCCCCCC[n+]1ccn(CCCCCCCCCCCC)c1-c1ccccc1. The van der Waals surface area contributed by atoms with Gasteiger partial charge in [0.25, 0.3) is 5.82 Å². The van der Waals surface area contributed by atoms with Crippen LogP contribution in [0.25, 0.3) is 11.4 Å². The Morgan fingerprint density at radius 1 is 0.528 bits per heavy atom. The number of aryl methyl sites for hydroxylation is 2. The van der Waals surface area contributed by atoms with Crippen molar-refractivity contribution in [2.45, 2.75) is 162 Å². The van der Waals surface area contributed by atoms with E-state index >= 15 is 0 Å². The molecule has 0 aliphatic heterocycles. The van der Waals surface area contributed by atoms with Crippen molar-refractivity contribution in [3.63, 3.8) is 0 Å². The predicted molar refractivity (Wildman–Crippen MR) is 158 cm³/mol. The van der Waals surface area contributed by atoms with Gasteiger partial charge in [-0.05, 0) is 37.8 Å². The molecule has 0 aliphatic rings. The lowest BCUT2D eigenvalue weighted by molar-refractivity contribution is -0.686. The van der Waals surface area contributed by atoms with Crippen LogP contribution in [0, 0.1) is 0 Å². The average molecular weight is 496 g/mol. The molecule has 2 rings (SSSR count). The van der Waals surface area contributed by atoms with Gasteiger partial charge in [0.05, 0.1) is 18.7 Å². The number of unbranched alkanes of at least 4 members (excludes halogenated alkanes) is 19. The van der Waals surface area contributed by atoms with Crippen LogP contribution in [0.4, 0.5) is 0 Å². The van der Waals surface area contributed by atoms with Crippen molar-refractivity contribution >= 4 is 0 Å². The van der Waals surface area contributed by atoms with Crippen LogP contribution in [0.3, 0.4) is 0 Å². The zero-order valence-corrected chi connectivity index (χ0v) is 24.2. The van der Waals surface area contributed by atoms with Crippen molar-refractivity contribution in [3.8, 4) is 11.4 Å². The molecule has 2 heteroatoms. The van der Waals surface area contributed by atoms with E-state index < -0.39 is 0 Å². The van der Waals surface area contributed by atoms with Crippen LogP contribution in [0.15, 0.2) is 42.7 Å². The second-order valence-corrected chi connectivity index (χ2v) is 11.1. The molecule has 36 heavy (non-hydrogen) atoms. The van der Waals surface area contributed by atoms with E-state index in [1.807, 2.05) is 0 Å². The minimum atomic E-state index is 1.14. The van der Waals surface area contributed by atoms with Gasteiger partial charge in [0.15, 0.2) is 0 Å². The number of hydrogen-bond donors (Lipinski definition) is 0. The van der Waals surface area contributed by atoms with Crippen LogP contribution in [-0.2, 0) is 13.1 Å². The summed E-state index contributed by atoms with van der Waals surface area (Å²) in [5.41, 5.74) is 1.36. The van der Waals surface area contributed by atoms with Crippen LogP contribution in [0.1, 0.15) is 149 Å². The maximum Gasteiger partial charge on any atom is 0.288 e. The molecule has 1 heterocycles. The third-order valence-corrected chi connectivity index (χ3v) is 7.76. The number of aromatic nitrogens is 2. The smallest absolute Gasteiger partial charge is 0.230 e. The average Bonchev–Trinajstić information content (AvgIpc) is 3.31. The topological polar surface area (TPSA) is 8.81 Å². The number of rotatable bonds is 24. The van der Waals surface area contributed by atoms with E-state index in [0.29, 0.717) is 0 Å². The fraction of sp³-hybridized carbons (Fsp3) is 0.735. The number of hydrogen-bond acceptors (Lipinski definition) is 0. The highest BCUT2D eigenvalue weighted by Gasteiger charge is 2.18. The Balaban J connectivity index is 1.67. The van der Waals surface area contributed by atoms with Gasteiger partial charge in [-0.2, -0.15) is 0 Å². The van der Waals surface area contributed by atoms with Crippen LogP contribution in [0.2, 0.25) is 0 Å². The van der Waals surface area contributed by atoms with Crippen molar-refractivity contribution in [2.24, 2.45) is 0 Å². The molecule has 0 radical (unpaired) electrons. The third kappa shape index (κ3) is 13.7. The molecule has 1 aromatic heterocycles. The van der Waals surface area contributed by atoms with Crippen molar-refractivity contribution < 1.29 is 4.57 Å². The summed E-state index contributed by atoms with van der Waals surface area (Å²) in [5, 5.41) is 0. The lowest BCUT2D eigenvalue weighted by Crippen LogP contribution is -2.34. The fourth-order valence-corrected chi connectivity index (χ4v) is 5.46. The summed E-state index contributed by atoms with van der Waals surface area (Å²) in [6.45, 7) is 6.89. The minimum absolute atomic E-state index is 1.14. The molecule has 1 aromatic carbocycles. The van der Waals surface area contributed by atoms with Gasteiger partial charge in [0, 0.05) is 0 Å². The first-order valence-corrected chi connectivity index (χ1v) is 16.0. The quantitative estimate of drug-likeness (QED) is 0.101. The van der Waals surface area contributed by atoms with E-state index in [-0.39, 0.29) is 0 Å². The van der Waals surface area contributed by atoms with E-state index in [2.05, 4.69) is 65.7 Å². The molecule has 0 aliphatic carbocycles. The maximum atomic E-state index is 2.51. The molecule has 0 amide bonds. The molecular formula is C34H59N2+. The molecule has 0 saturated carbocycles. The summed E-state index contributed by atoms with van der Waals surface area (Å²) < 4.78 is 5.03. The minimum Gasteiger partial charge on any atom is -0.230 e. The zero-order valence-electron chi connectivity index (χ0n) is 24.2. The van der Waals surface area contributed by atoms with Gasteiger partial charge in [0.1, 0.15) is 12.4 Å². The summed E-state index contributed by atoms with van der Waals surface area (Å²) in [5.74, 6) is 1.40. The van der Waals surface area contributed by atoms with Gasteiger partial charge in [0.2, 0.25) is 0 Å². The Hall–Kier alpha value is -1.57. The van der Waals surface area contributed by atoms with Gasteiger partial charge in [-0.25, -0.2) is 9.13 Å². The first-order chi connectivity index (χ1) is 17.9. The fourth-order valence-electron chi connectivity index (χ4n) is 5.46. The summed E-state index contributed by atoms with van der Waals surface area (Å²) >= 11 is 0. The predicted octanol–water partition coefficient (Wildman–Crippen LogP) is 10.7. The molecule has 0 unspecified atom stereocenters. The highest BCUT2D eigenvalue weighted by molar-refractivity contribution is 5.52. The Morgan fingerprint density at radius 3 is 1.47 bits per heavy atom. The lowest BCUT2D eigenvalue weighted by Gasteiger charge is -2.07. The highest BCUT2D eigenvalue weighted by Crippen LogP contribution is 2.18.